The van der Waals surface area contributed by atoms with Gasteiger partial charge in [0.25, 0.3) is 3.79 Å². The van der Waals surface area contributed by atoms with Crippen LogP contribution in [-0.2, 0) is 73.8 Å². The van der Waals surface area contributed by atoms with Crippen LogP contribution in [0.1, 0.15) is 36.1 Å². The topological polar surface area (TPSA) is 165 Å². The fraction of sp³-hybridized carbons (Fsp3) is 0.444. The maximum Gasteiger partial charge on any atom is 0.265 e. The molecule has 14 nitrogen and oxygen atoms in total. The molecule has 3 aliphatic heterocycles. The Kier molecular flexibility index (Phi) is 16.2. The molecule has 4 aromatic carbocycles. The summed E-state index contributed by atoms with van der Waals surface area (Å²) in [4.78, 5) is 3.12. The number of nitrogens with one attached hydrogen (secondary N) is 1. The average molecular weight is 912 g/mol. The van der Waals surface area contributed by atoms with E-state index in [4.69, 9.17) is 87.6 Å². The van der Waals surface area contributed by atoms with Crippen molar-refractivity contribution in [1.29, 1.82) is 5.41 Å². The number of alkyl halides is 3. The minimum Gasteiger partial charge on any atom is -0.448 e. The number of fused-ring (bicyclic) bond motifs is 1. The van der Waals surface area contributed by atoms with Crippen LogP contribution >= 0.6 is 34.8 Å². The molecule has 0 spiro atoms. The Morgan fingerprint density at radius 3 is 1.60 bits per heavy atom. The van der Waals surface area contributed by atoms with Gasteiger partial charge in [0, 0.05) is 4.91 Å². The number of hydrogen-bond acceptors (Lipinski definition) is 12. The lowest BCUT2D eigenvalue weighted by atomic mass is 9.95. The highest BCUT2D eigenvalue weighted by Gasteiger charge is 2.58. The molecule has 0 aromatic heterocycles. The maximum absolute atomic E-state index is 9.95. The number of benzene rings is 4. The number of halogens is 3. The summed E-state index contributed by atoms with van der Waals surface area (Å²) in [6.07, 6.45) is -8.75. The molecule has 1 N–H and O–H groups in total. The van der Waals surface area contributed by atoms with Crippen LogP contribution < -0.4 is 0 Å². The van der Waals surface area contributed by atoms with E-state index in [9.17, 15) is 5.53 Å². The molecular weight excluding hydrogens is 863 g/mol. The number of hydrogen-bond donors (Lipinski definition) is 1. The van der Waals surface area contributed by atoms with Gasteiger partial charge in [-0.15, -0.1) is 0 Å². The molecule has 10 atom stereocenters. The summed E-state index contributed by atoms with van der Waals surface area (Å²) < 4.78 is 62.9. The van der Waals surface area contributed by atoms with Crippen LogP contribution in [0.3, 0.4) is 0 Å². The second-order valence-corrected chi connectivity index (χ2v) is 17.7. The van der Waals surface area contributed by atoms with Crippen LogP contribution in [0, 0.1) is 5.41 Å². The molecule has 0 unspecified atom stereocenters. The van der Waals surface area contributed by atoms with E-state index in [1.807, 2.05) is 135 Å². The molecule has 17 heteroatoms. The molecule has 0 aliphatic carbocycles. The molecule has 0 amide bonds. The fourth-order valence-corrected chi connectivity index (χ4v) is 7.66. The molecule has 4 aromatic rings. The van der Waals surface area contributed by atoms with Crippen LogP contribution in [0.5, 0.6) is 0 Å². The third-order valence-corrected chi connectivity index (χ3v) is 10.9. The van der Waals surface area contributed by atoms with E-state index in [0.717, 1.165) is 22.3 Å². The van der Waals surface area contributed by atoms with Gasteiger partial charge in [-0.1, -0.05) is 161 Å². The van der Waals surface area contributed by atoms with Crippen LogP contribution in [0.25, 0.3) is 10.4 Å². The van der Waals surface area contributed by atoms with Crippen LogP contribution in [0.4, 0.5) is 0 Å². The quantitative estimate of drug-likeness (QED) is 0.0254. The van der Waals surface area contributed by atoms with Crippen molar-refractivity contribution in [2.24, 2.45) is 5.11 Å². The third kappa shape index (κ3) is 12.5. The van der Waals surface area contributed by atoms with Crippen LogP contribution in [-0.4, -0.2) is 90.0 Å². The summed E-state index contributed by atoms with van der Waals surface area (Å²) in [5.74, 6) is -1.77. The Balaban J connectivity index is 1.25. The van der Waals surface area contributed by atoms with Crippen LogP contribution in [0.15, 0.2) is 126 Å². The zero-order chi connectivity index (χ0) is 43.5. The summed E-state index contributed by atoms with van der Waals surface area (Å²) in [7, 11) is 0. The van der Waals surface area contributed by atoms with Crippen LogP contribution in [0.2, 0.25) is 0 Å². The second kappa shape index (κ2) is 21.7. The first-order valence-corrected chi connectivity index (χ1v) is 21.3. The minimum atomic E-state index is -2.26. The Morgan fingerprint density at radius 2 is 1.10 bits per heavy atom. The summed E-state index contributed by atoms with van der Waals surface area (Å²) in [6.45, 7) is 4.48. The van der Waals surface area contributed by atoms with E-state index in [1.54, 1.807) is 0 Å². The monoisotopic (exact) mass is 910 g/mol. The van der Waals surface area contributed by atoms with Crippen molar-refractivity contribution < 1.29 is 47.4 Å². The van der Waals surface area contributed by atoms with Crippen molar-refractivity contribution in [2.75, 3.05) is 13.2 Å². The highest BCUT2D eigenvalue weighted by atomic mass is 35.6. The van der Waals surface area contributed by atoms with Gasteiger partial charge in [-0.25, -0.2) is 0 Å². The third-order valence-electron chi connectivity index (χ3n) is 10.4. The summed E-state index contributed by atoms with van der Waals surface area (Å²) in [5.41, 5.74) is 13.6. The number of rotatable bonds is 18. The molecule has 0 saturated carbocycles. The molecule has 330 valence electrons. The molecule has 3 aliphatic rings. The van der Waals surface area contributed by atoms with Crippen molar-refractivity contribution in [1.82, 2.24) is 0 Å². The molecule has 7 rings (SSSR count). The van der Waals surface area contributed by atoms with E-state index in [0.29, 0.717) is 6.61 Å². The van der Waals surface area contributed by atoms with Gasteiger partial charge in [0.15, 0.2) is 12.1 Å². The van der Waals surface area contributed by atoms with Crippen molar-refractivity contribution in [3.05, 3.63) is 154 Å². The molecule has 0 bridgehead atoms. The normalized spacial score (nSPS) is 28.1. The van der Waals surface area contributed by atoms with E-state index >= 15 is 0 Å². The van der Waals surface area contributed by atoms with Gasteiger partial charge in [0.1, 0.15) is 48.8 Å². The number of ether oxygens (including phenoxy) is 10. The van der Waals surface area contributed by atoms with Gasteiger partial charge in [-0.05, 0) is 41.6 Å². The molecule has 3 fully saturated rings. The Hall–Kier alpha value is -3.83. The van der Waals surface area contributed by atoms with E-state index in [-0.39, 0.29) is 33.0 Å². The predicted molar refractivity (Wildman–Crippen MR) is 230 cm³/mol. The molecular formula is C45H49Cl3N4O10. The first kappa shape index (κ1) is 46.2. The van der Waals surface area contributed by atoms with Gasteiger partial charge < -0.3 is 47.4 Å². The minimum absolute atomic E-state index is 0.0558. The largest absolute Gasteiger partial charge is 0.448 e. The number of azide groups is 1. The van der Waals surface area contributed by atoms with Gasteiger partial charge in [-0.2, -0.15) is 0 Å². The first-order chi connectivity index (χ1) is 30.0. The highest BCUT2D eigenvalue weighted by molar-refractivity contribution is 6.76. The maximum atomic E-state index is 9.95. The zero-order valence-corrected chi connectivity index (χ0v) is 36.4. The molecule has 3 heterocycles. The standard InChI is InChI=1S/C45H49Cl3N4O10/c1-44(2)61-37-34(28-54-24-30-17-9-4-10-18-30)58-42(40(39(37)62-44)56-26-32-21-13-6-14-22-32)59-36-33(27-53-23-29-15-7-3-8-16-29)57-41(60-43(49)45(46,47)48)35(51-52-50)38(36)55-25-31-19-11-5-12-20-31/h3-22,33-42,49H,23-28H2,1-2H3/t33-,34-,35-,36-,37+,38-,39+,40-,41-,42+/m1/s1. The van der Waals surface area contributed by atoms with Crippen molar-refractivity contribution in [3.63, 3.8) is 0 Å². The smallest absolute Gasteiger partial charge is 0.265 e. The summed E-state index contributed by atoms with van der Waals surface area (Å²) in [6, 6.07) is 37.2. The Bertz CT molecular complexity index is 2050. The van der Waals surface area contributed by atoms with Gasteiger partial charge in [-0.3, -0.25) is 5.41 Å². The Labute approximate surface area is 375 Å². The van der Waals surface area contributed by atoms with Crippen molar-refractivity contribution in [2.45, 2.75) is 111 Å². The lowest BCUT2D eigenvalue weighted by Gasteiger charge is -2.48. The second-order valence-electron chi connectivity index (χ2n) is 15.4. The van der Waals surface area contributed by atoms with Gasteiger partial charge in [0.05, 0.1) is 39.6 Å². The number of nitrogens with zero attached hydrogens (tertiary/aromatic N) is 3. The molecule has 62 heavy (non-hydrogen) atoms. The summed E-state index contributed by atoms with van der Waals surface area (Å²) >= 11 is 18.2. The van der Waals surface area contributed by atoms with Gasteiger partial charge in [0.2, 0.25) is 12.2 Å². The highest BCUT2D eigenvalue weighted by Crippen LogP contribution is 2.42. The van der Waals surface area contributed by atoms with E-state index in [2.05, 4.69) is 10.0 Å². The summed E-state index contributed by atoms with van der Waals surface area (Å²) in [5, 5.41) is 12.5. The molecule has 3 saturated heterocycles. The van der Waals surface area contributed by atoms with E-state index < -0.39 is 76.8 Å². The lowest BCUT2D eigenvalue weighted by Crippen LogP contribution is -2.65. The zero-order valence-electron chi connectivity index (χ0n) is 34.1. The average Bonchev–Trinajstić information content (AvgIpc) is 3.60. The first-order valence-electron chi connectivity index (χ1n) is 20.2. The lowest BCUT2D eigenvalue weighted by molar-refractivity contribution is -0.345. The predicted octanol–water partition coefficient (Wildman–Crippen LogP) is 8.99. The fourth-order valence-electron chi connectivity index (χ4n) is 7.52. The van der Waals surface area contributed by atoms with Crippen molar-refractivity contribution in [3.8, 4) is 0 Å². The van der Waals surface area contributed by atoms with E-state index in [1.165, 1.54) is 0 Å². The molecule has 0 radical (unpaired) electrons. The SMILES string of the molecule is CC1(C)O[C@H]2[C@@H](O1)[C@@H](COCc1ccccc1)O[C@@H](O[C@H]1[C@H](OCc3ccccc3)[C@@H](N=[N+]=[N-])[C@@H](OC(=N)C(Cl)(Cl)Cl)O[C@@H]1COCc1ccccc1)[C@@H]2OCc1ccccc1. The Morgan fingerprint density at radius 1 is 0.645 bits per heavy atom. The van der Waals surface area contributed by atoms with Crippen molar-refractivity contribution >= 4 is 40.7 Å². The van der Waals surface area contributed by atoms with Gasteiger partial charge >= 0.3 is 0 Å².